The van der Waals surface area contributed by atoms with E-state index in [1.54, 1.807) is 4.90 Å². The summed E-state index contributed by atoms with van der Waals surface area (Å²) in [5, 5.41) is 7.24. The molecule has 6 nitrogen and oxygen atoms in total. The van der Waals surface area contributed by atoms with Crippen molar-refractivity contribution in [1.29, 1.82) is 0 Å². The van der Waals surface area contributed by atoms with Crippen LogP contribution < -0.4 is 5.32 Å². The molecule has 0 radical (unpaired) electrons. The zero-order chi connectivity index (χ0) is 21.7. The van der Waals surface area contributed by atoms with Gasteiger partial charge in [0.2, 0.25) is 11.8 Å². The standard InChI is InChI=1S/C25H27N3O3/c1-19(29)28-16-8-14-25(28,24(30)26-15-13-20-9-4-2-5-10-20)18-22-17-23(27-31-22)21-11-6-3-7-12-21/h2-7,9-12,17H,8,13-16,18H2,1H3,(H,26,30)/t25-/m1/s1. The Morgan fingerprint density at radius 1 is 1.10 bits per heavy atom. The highest BCUT2D eigenvalue weighted by Gasteiger charge is 2.49. The van der Waals surface area contributed by atoms with Crippen molar-refractivity contribution in [3.8, 4) is 11.3 Å². The number of amides is 2. The van der Waals surface area contributed by atoms with Gasteiger partial charge < -0.3 is 14.7 Å². The Labute approximate surface area is 182 Å². The van der Waals surface area contributed by atoms with Crippen molar-refractivity contribution in [2.75, 3.05) is 13.1 Å². The van der Waals surface area contributed by atoms with E-state index in [1.807, 2.05) is 66.7 Å². The quantitative estimate of drug-likeness (QED) is 0.637. The average Bonchev–Trinajstić information content (AvgIpc) is 3.43. The molecule has 1 aliphatic rings. The Hall–Kier alpha value is -3.41. The van der Waals surface area contributed by atoms with Crippen LogP contribution in [0.2, 0.25) is 0 Å². The van der Waals surface area contributed by atoms with Gasteiger partial charge in [0, 0.05) is 38.1 Å². The Bertz CT molecular complexity index is 1030. The number of likely N-dealkylation sites (tertiary alicyclic amines) is 1. The third-order valence-corrected chi connectivity index (χ3v) is 5.93. The summed E-state index contributed by atoms with van der Waals surface area (Å²) >= 11 is 0. The smallest absolute Gasteiger partial charge is 0.246 e. The number of carbonyl (C=O) groups is 2. The Morgan fingerprint density at radius 2 is 1.81 bits per heavy atom. The Kier molecular flexibility index (Phi) is 6.16. The molecule has 1 saturated heterocycles. The average molecular weight is 418 g/mol. The van der Waals surface area contributed by atoms with Crippen LogP contribution in [-0.4, -0.2) is 40.5 Å². The van der Waals surface area contributed by atoms with Crippen LogP contribution in [0.15, 0.2) is 71.3 Å². The second-order valence-corrected chi connectivity index (χ2v) is 8.02. The van der Waals surface area contributed by atoms with E-state index in [2.05, 4.69) is 10.5 Å². The molecular formula is C25H27N3O3. The molecule has 2 heterocycles. The summed E-state index contributed by atoms with van der Waals surface area (Å²) in [5.74, 6) is 0.373. The first kappa shape index (κ1) is 20.8. The molecule has 160 valence electrons. The lowest BCUT2D eigenvalue weighted by Crippen LogP contribution is -2.58. The molecule has 0 aliphatic carbocycles. The fraction of sp³-hybridized carbons (Fsp3) is 0.320. The monoisotopic (exact) mass is 417 g/mol. The van der Waals surface area contributed by atoms with Gasteiger partial charge in [-0.25, -0.2) is 0 Å². The summed E-state index contributed by atoms with van der Waals surface area (Å²) in [6, 6.07) is 21.7. The molecule has 0 spiro atoms. The molecule has 1 N–H and O–H groups in total. The molecule has 2 amide bonds. The highest BCUT2D eigenvalue weighted by molar-refractivity contribution is 5.91. The maximum Gasteiger partial charge on any atom is 0.246 e. The molecule has 0 unspecified atom stereocenters. The zero-order valence-electron chi connectivity index (χ0n) is 17.7. The number of rotatable bonds is 7. The third kappa shape index (κ3) is 4.53. The minimum atomic E-state index is -0.948. The van der Waals surface area contributed by atoms with E-state index >= 15 is 0 Å². The molecule has 1 aliphatic heterocycles. The number of hydrogen-bond donors (Lipinski definition) is 1. The van der Waals surface area contributed by atoms with Crippen LogP contribution in [0.4, 0.5) is 0 Å². The minimum Gasteiger partial charge on any atom is -0.361 e. The van der Waals surface area contributed by atoms with Crippen molar-refractivity contribution < 1.29 is 14.1 Å². The van der Waals surface area contributed by atoms with Crippen LogP contribution in [0.25, 0.3) is 11.3 Å². The lowest BCUT2D eigenvalue weighted by molar-refractivity contribution is -0.143. The summed E-state index contributed by atoms with van der Waals surface area (Å²) in [6.45, 7) is 2.61. The molecule has 1 aromatic heterocycles. The third-order valence-electron chi connectivity index (χ3n) is 5.93. The molecule has 4 rings (SSSR count). The molecule has 1 fully saturated rings. The summed E-state index contributed by atoms with van der Waals surface area (Å²) in [6.07, 6.45) is 2.43. The highest BCUT2D eigenvalue weighted by Crippen LogP contribution is 2.34. The zero-order valence-corrected chi connectivity index (χ0v) is 17.7. The van der Waals surface area contributed by atoms with Gasteiger partial charge >= 0.3 is 0 Å². The number of benzene rings is 2. The van der Waals surface area contributed by atoms with E-state index in [9.17, 15) is 9.59 Å². The topological polar surface area (TPSA) is 75.4 Å². The van der Waals surface area contributed by atoms with Gasteiger partial charge in [-0.3, -0.25) is 9.59 Å². The normalized spacial score (nSPS) is 18.2. The largest absolute Gasteiger partial charge is 0.361 e. The van der Waals surface area contributed by atoms with Gasteiger partial charge in [0.15, 0.2) is 0 Å². The number of aromatic nitrogens is 1. The van der Waals surface area contributed by atoms with Crippen LogP contribution in [0, 0.1) is 0 Å². The summed E-state index contributed by atoms with van der Waals surface area (Å²) < 4.78 is 5.59. The molecule has 3 aromatic rings. The van der Waals surface area contributed by atoms with Gasteiger partial charge in [-0.1, -0.05) is 65.8 Å². The maximum atomic E-state index is 13.4. The predicted octanol–water partition coefficient (Wildman–Crippen LogP) is 3.62. The van der Waals surface area contributed by atoms with Crippen molar-refractivity contribution in [2.45, 2.75) is 38.1 Å². The SMILES string of the molecule is CC(=O)N1CCC[C@@]1(Cc1cc(-c2ccccc2)no1)C(=O)NCCc1ccccc1. The highest BCUT2D eigenvalue weighted by atomic mass is 16.5. The first-order chi connectivity index (χ1) is 15.1. The number of hydrogen-bond acceptors (Lipinski definition) is 4. The summed E-state index contributed by atoms with van der Waals surface area (Å²) in [5.41, 5.74) is 1.89. The fourth-order valence-corrected chi connectivity index (χ4v) is 4.40. The van der Waals surface area contributed by atoms with E-state index < -0.39 is 5.54 Å². The van der Waals surface area contributed by atoms with Crippen LogP contribution in [0.5, 0.6) is 0 Å². The second-order valence-electron chi connectivity index (χ2n) is 8.02. The van der Waals surface area contributed by atoms with Crippen LogP contribution in [0.1, 0.15) is 31.1 Å². The molecule has 1 atom stereocenters. The first-order valence-electron chi connectivity index (χ1n) is 10.7. The lowest BCUT2D eigenvalue weighted by Gasteiger charge is -2.36. The number of carbonyl (C=O) groups excluding carboxylic acids is 2. The van der Waals surface area contributed by atoms with E-state index in [-0.39, 0.29) is 11.8 Å². The lowest BCUT2D eigenvalue weighted by atomic mass is 9.89. The second kappa shape index (κ2) is 9.16. The van der Waals surface area contributed by atoms with Crippen LogP contribution >= 0.6 is 0 Å². The Balaban J connectivity index is 1.52. The number of nitrogens with zero attached hydrogens (tertiary/aromatic N) is 2. The van der Waals surface area contributed by atoms with Crippen LogP contribution in [-0.2, 0) is 22.4 Å². The summed E-state index contributed by atoms with van der Waals surface area (Å²) in [4.78, 5) is 27.5. The van der Waals surface area contributed by atoms with Gasteiger partial charge in [0.05, 0.1) is 0 Å². The van der Waals surface area contributed by atoms with E-state index in [0.717, 1.165) is 29.7 Å². The van der Waals surface area contributed by atoms with Crippen LogP contribution in [0.3, 0.4) is 0 Å². The van der Waals surface area contributed by atoms with Crippen molar-refractivity contribution in [3.05, 3.63) is 78.1 Å². The molecule has 6 heteroatoms. The van der Waals surface area contributed by atoms with Gasteiger partial charge in [-0.15, -0.1) is 0 Å². The maximum absolute atomic E-state index is 13.4. The molecular weight excluding hydrogens is 390 g/mol. The molecule has 0 bridgehead atoms. The predicted molar refractivity (Wildman–Crippen MR) is 118 cm³/mol. The van der Waals surface area contributed by atoms with E-state index in [1.165, 1.54) is 6.92 Å². The number of nitrogens with one attached hydrogen (secondary N) is 1. The van der Waals surface area contributed by atoms with E-state index in [4.69, 9.17) is 4.52 Å². The van der Waals surface area contributed by atoms with E-state index in [0.29, 0.717) is 31.7 Å². The van der Waals surface area contributed by atoms with Gasteiger partial charge in [0.1, 0.15) is 17.0 Å². The van der Waals surface area contributed by atoms with Crippen molar-refractivity contribution >= 4 is 11.8 Å². The minimum absolute atomic E-state index is 0.0986. The molecule has 2 aromatic carbocycles. The summed E-state index contributed by atoms with van der Waals surface area (Å²) in [7, 11) is 0. The van der Waals surface area contributed by atoms with Crippen molar-refractivity contribution in [1.82, 2.24) is 15.4 Å². The van der Waals surface area contributed by atoms with Gasteiger partial charge in [-0.05, 0) is 24.8 Å². The fourth-order valence-electron chi connectivity index (χ4n) is 4.40. The van der Waals surface area contributed by atoms with Gasteiger partial charge in [-0.2, -0.15) is 0 Å². The Morgan fingerprint density at radius 3 is 2.52 bits per heavy atom. The van der Waals surface area contributed by atoms with Crippen molar-refractivity contribution in [2.24, 2.45) is 0 Å². The van der Waals surface area contributed by atoms with Gasteiger partial charge in [0.25, 0.3) is 0 Å². The molecule has 31 heavy (non-hydrogen) atoms. The molecule has 0 saturated carbocycles. The van der Waals surface area contributed by atoms with Crippen molar-refractivity contribution in [3.63, 3.8) is 0 Å². The first-order valence-corrected chi connectivity index (χ1v) is 10.7.